The van der Waals surface area contributed by atoms with Crippen LogP contribution in [0.2, 0.25) is 0 Å². The predicted octanol–water partition coefficient (Wildman–Crippen LogP) is 2.08. The van der Waals surface area contributed by atoms with Gasteiger partial charge in [0.2, 0.25) is 0 Å². The van der Waals surface area contributed by atoms with Crippen LogP contribution >= 0.6 is 0 Å². The minimum atomic E-state index is -0.767. The lowest BCUT2D eigenvalue weighted by atomic mass is 10.2. The molecule has 3 atom stereocenters. The molecule has 6 heteroatoms. The summed E-state index contributed by atoms with van der Waals surface area (Å²) in [6, 6.07) is 6.14. The van der Waals surface area contributed by atoms with Crippen molar-refractivity contribution in [3.63, 3.8) is 0 Å². The van der Waals surface area contributed by atoms with Gasteiger partial charge in [0.25, 0.3) is 5.69 Å². The normalized spacial score (nSPS) is 25.0. The first-order valence-corrected chi connectivity index (χ1v) is 6.04. The molecule has 19 heavy (non-hydrogen) atoms. The minimum Gasteiger partial charge on any atom is -0.481 e. The Labute approximate surface area is 110 Å². The molecule has 1 N–H and O–H groups in total. The topological polar surface area (TPSA) is 89.7 Å². The zero-order chi connectivity index (χ0) is 14.0. The summed E-state index contributed by atoms with van der Waals surface area (Å²) >= 11 is 0. The fraction of sp³-hybridized carbons (Fsp3) is 0.462. The van der Waals surface area contributed by atoms with Crippen molar-refractivity contribution < 1.29 is 19.6 Å². The van der Waals surface area contributed by atoms with Gasteiger partial charge < -0.3 is 9.84 Å². The lowest BCUT2D eigenvalue weighted by Gasteiger charge is -2.03. The van der Waals surface area contributed by atoms with E-state index in [0.29, 0.717) is 13.2 Å². The predicted molar refractivity (Wildman–Crippen MR) is 66.5 cm³/mol. The molecule has 1 aromatic carbocycles. The van der Waals surface area contributed by atoms with Gasteiger partial charge in [-0.2, -0.15) is 0 Å². The Balaban J connectivity index is 1.77. The number of benzene rings is 1. The van der Waals surface area contributed by atoms with Crippen molar-refractivity contribution in [1.82, 2.24) is 0 Å². The van der Waals surface area contributed by atoms with Gasteiger partial charge in [-0.05, 0) is 29.5 Å². The Hall–Kier alpha value is -1.95. The van der Waals surface area contributed by atoms with Gasteiger partial charge in [-0.1, -0.05) is 6.92 Å². The first kappa shape index (κ1) is 13.5. The monoisotopic (exact) mass is 265 g/mol. The number of hydrogen-bond donors (Lipinski definition) is 1. The van der Waals surface area contributed by atoms with Crippen molar-refractivity contribution in [3.8, 4) is 0 Å². The summed E-state index contributed by atoms with van der Waals surface area (Å²) in [6.45, 7) is 2.65. The van der Waals surface area contributed by atoms with Crippen molar-refractivity contribution >= 4 is 11.7 Å². The van der Waals surface area contributed by atoms with Crippen LogP contribution in [0.4, 0.5) is 5.69 Å². The fourth-order valence-corrected chi connectivity index (χ4v) is 2.24. The average Bonchev–Trinajstić information content (AvgIpc) is 3.00. The van der Waals surface area contributed by atoms with Crippen LogP contribution < -0.4 is 0 Å². The van der Waals surface area contributed by atoms with E-state index in [-0.39, 0.29) is 23.4 Å². The molecule has 0 radical (unpaired) electrons. The van der Waals surface area contributed by atoms with E-state index in [1.54, 1.807) is 12.1 Å². The molecule has 0 aliphatic heterocycles. The highest BCUT2D eigenvalue weighted by molar-refractivity contribution is 5.74. The number of hydrogen-bond acceptors (Lipinski definition) is 4. The molecule has 1 fully saturated rings. The third-order valence-corrected chi connectivity index (χ3v) is 3.57. The molecule has 0 amide bonds. The van der Waals surface area contributed by atoms with Crippen LogP contribution in [0, 0.1) is 27.9 Å². The van der Waals surface area contributed by atoms with Crippen molar-refractivity contribution in [2.45, 2.75) is 13.5 Å². The number of non-ortho nitro benzene ring substituents is 1. The highest BCUT2D eigenvalue weighted by Gasteiger charge is 2.51. The number of ether oxygens (including phenoxy) is 1. The van der Waals surface area contributed by atoms with E-state index in [4.69, 9.17) is 9.84 Å². The van der Waals surface area contributed by atoms with E-state index in [0.717, 1.165) is 5.56 Å². The average molecular weight is 265 g/mol. The molecular weight excluding hydrogens is 250 g/mol. The number of carboxylic acids is 1. The van der Waals surface area contributed by atoms with Crippen LogP contribution in [0.5, 0.6) is 0 Å². The molecule has 0 bridgehead atoms. The zero-order valence-electron chi connectivity index (χ0n) is 10.5. The zero-order valence-corrected chi connectivity index (χ0v) is 10.5. The van der Waals surface area contributed by atoms with Gasteiger partial charge in [0.15, 0.2) is 0 Å². The standard InChI is InChI=1S/C13H15NO5/c1-8-11(12(8)13(15)16)7-19-6-9-2-4-10(5-3-9)14(17)18/h2-5,8,11-12H,6-7H2,1H3,(H,15,16). The maximum atomic E-state index is 10.8. The summed E-state index contributed by atoms with van der Waals surface area (Å²) in [5.41, 5.74) is 0.885. The SMILES string of the molecule is CC1C(COCc2ccc([N+](=O)[O-])cc2)C1C(=O)O. The Morgan fingerprint density at radius 1 is 1.42 bits per heavy atom. The number of aliphatic carboxylic acids is 1. The molecular formula is C13H15NO5. The Bertz CT molecular complexity index is 484. The van der Waals surface area contributed by atoms with Crippen LogP contribution in [0.1, 0.15) is 12.5 Å². The van der Waals surface area contributed by atoms with Crippen LogP contribution in [-0.2, 0) is 16.1 Å². The van der Waals surface area contributed by atoms with Gasteiger partial charge in [0.05, 0.1) is 24.1 Å². The van der Waals surface area contributed by atoms with E-state index < -0.39 is 10.9 Å². The number of nitro groups is 1. The number of nitro benzene ring substituents is 1. The molecule has 2 rings (SSSR count). The van der Waals surface area contributed by atoms with E-state index in [9.17, 15) is 14.9 Å². The molecule has 6 nitrogen and oxygen atoms in total. The summed E-state index contributed by atoms with van der Waals surface area (Å²) in [7, 11) is 0. The molecule has 0 heterocycles. The third kappa shape index (κ3) is 3.08. The van der Waals surface area contributed by atoms with Crippen LogP contribution in [0.25, 0.3) is 0 Å². The number of carbonyl (C=O) groups is 1. The fourth-order valence-electron chi connectivity index (χ4n) is 2.24. The number of nitrogens with zero attached hydrogens (tertiary/aromatic N) is 1. The first-order chi connectivity index (χ1) is 9.00. The summed E-state index contributed by atoms with van der Waals surface area (Å²) in [5, 5.41) is 19.4. The molecule has 1 aliphatic carbocycles. The quantitative estimate of drug-likeness (QED) is 0.628. The van der Waals surface area contributed by atoms with Gasteiger partial charge in [0.1, 0.15) is 0 Å². The molecule has 3 unspecified atom stereocenters. The van der Waals surface area contributed by atoms with E-state index >= 15 is 0 Å². The van der Waals surface area contributed by atoms with E-state index in [2.05, 4.69) is 0 Å². The summed E-state index contributed by atoms with van der Waals surface area (Å²) < 4.78 is 5.46. The molecule has 1 saturated carbocycles. The van der Waals surface area contributed by atoms with Crippen LogP contribution in [0.15, 0.2) is 24.3 Å². The molecule has 102 valence electrons. The third-order valence-electron chi connectivity index (χ3n) is 3.57. The second-order valence-corrected chi connectivity index (χ2v) is 4.83. The van der Waals surface area contributed by atoms with Gasteiger partial charge in [-0.25, -0.2) is 0 Å². The smallest absolute Gasteiger partial charge is 0.307 e. The van der Waals surface area contributed by atoms with E-state index in [1.807, 2.05) is 6.92 Å². The van der Waals surface area contributed by atoms with Crippen molar-refractivity contribution in [2.24, 2.45) is 17.8 Å². The van der Waals surface area contributed by atoms with Crippen LogP contribution in [-0.4, -0.2) is 22.6 Å². The van der Waals surface area contributed by atoms with Gasteiger partial charge in [-0.15, -0.1) is 0 Å². The lowest BCUT2D eigenvalue weighted by Crippen LogP contribution is -2.04. The molecule has 1 aromatic rings. The number of carboxylic acid groups (broad SMARTS) is 1. The summed E-state index contributed by atoms with van der Waals surface area (Å²) in [5.74, 6) is -0.821. The minimum absolute atomic E-state index is 0.0468. The van der Waals surface area contributed by atoms with E-state index in [1.165, 1.54) is 12.1 Å². The molecule has 0 saturated heterocycles. The Morgan fingerprint density at radius 2 is 2.05 bits per heavy atom. The summed E-state index contributed by atoms with van der Waals surface area (Å²) in [6.07, 6.45) is 0. The molecule has 1 aliphatic rings. The number of rotatable bonds is 6. The van der Waals surface area contributed by atoms with Gasteiger partial charge in [0, 0.05) is 12.1 Å². The van der Waals surface area contributed by atoms with Crippen LogP contribution in [0.3, 0.4) is 0 Å². The van der Waals surface area contributed by atoms with Gasteiger partial charge >= 0.3 is 5.97 Å². The second-order valence-electron chi connectivity index (χ2n) is 4.83. The molecule has 0 spiro atoms. The highest BCUT2D eigenvalue weighted by atomic mass is 16.6. The maximum Gasteiger partial charge on any atom is 0.307 e. The van der Waals surface area contributed by atoms with Gasteiger partial charge in [-0.3, -0.25) is 14.9 Å². The maximum absolute atomic E-state index is 10.8. The lowest BCUT2D eigenvalue weighted by molar-refractivity contribution is -0.384. The largest absolute Gasteiger partial charge is 0.481 e. The molecule has 0 aromatic heterocycles. The van der Waals surface area contributed by atoms with Crippen molar-refractivity contribution in [2.75, 3.05) is 6.61 Å². The highest BCUT2D eigenvalue weighted by Crippen LogP contribution is 2.46. The first-order valence-electron chi connectivity index (χ1n) is 6.04. The van der Waals surface area contributed by atoms with Crippen molar-refractivity contribution in [1.29, 1.82) is 0 Å². The second kappa shape index (κ2) is 5.36. The Morgan fingerprint density at radius 3 is 2.53 bits per heavy atom. The summed E-state index contributed by atoms with van der Waals surface area (Å²) in [4.78, 5) is 20.8. The Kier molecular flexibility index (Phi) is 3.80. The van der Waals surface area contributed by atoms with Crippen molar-refractivity contribution in [3.05, 3.63) is 39.9 Å².